The minimum atomic E-state index is -3.53. The molecule has 1 aromatic rings. The van der Waals surface area contributed by atoms with Crippen LogP contribution < -0.4 is 4.52 Å². The first-order chi connectivity index (χ1) is 7.63. The molecule has 1 unspecified atom stereocenters. The van der Waals surface area contributed by atoms with E-state index in [-0.39, 0.29) is 6.61 Å². The lowest BCUT2D eigenvalue weighted by Gasteiger charge is -2.15. The number of carbonyl (C=O) groups excluding carboxylic acids is 1. The van der Waals surface area contributed by atoms with E-state index in [2.05, 4.69) is 4.52 Å². The molecule has 0 heterocycles. The molecule has 16 heavy (non-hydrogen) atoms. The van der Waals surface area contributed by atoms with Gasteiger partial charge < -0.3 is 4.52 Å². The summed E-state index contributed by atoms with van der Waals surface area (Å²) >= 11 is 0. The fraction of sp³-hybridized carbons (Fsp3) is 0.300. The molecule has 0 aliphatic heterocycles. The number of phosphoric acid groups is 1. The average molecular weight is 244 g/mol. The summed E-state index contributed by atoms with van der Waals surface area (Å²) < 4.78 is 26.4. The lowest BCUT2D eigenvalue weighted by Crippen LogP contribution is -1.99. The highest BCUT2D eigenvalue weighted by atomic mass is 31.2. The molecular weight excluding hydrogens is 231 g/mol. The third-order valence-electron chi connectivity index (χ3n) is 1.74. The second kappa shape index (κ2) is 5.80. The lowest BCUT2D eigenvalue weighted by molar-refractivity contribution is 0.112. The van der Waals surface area contributed by atoms with Gasteiger partial charge in [-0.1, -0.05) is 0 Å². The van der Waals surface area contributed by atoms with Crippen molar-refractivity contribution in [3.8, 4) is 5.75 Å². The highest BCUT2D eigenvalue weighted by Crippen LogP contribution is 2.48. The molecule has 88 valence electrons. The van der Waals surface area contributed by atoms with Crippen molar-refractivity contribution in [2.45, 2.75) is 6.92 Å². The van der Waals surface area contributed by atoms with Crippen LogP contribution in [0.25, 0.3) is 0 Å². The maximum absolute atomic E-state index is 11.8. The molecule has 0 aliphatic rings. The van der Waals surface area contributed by atoms with Gasteiger partial charge in [0, 0.05) is 12.7 Å². The van der Waals surface area contributed by atoms with Gasteiger partial charge in [0.2, 0.25) is 0 Å². The van der Waals surface area contributed by atoms with Crippen LogP contribution in [0.1, 0.15) is 17.3 Å². The Morgan fingerprint density at radius 3 is 2.38 bits per heavy atom. The van der Waals surface area contributed by atoms with Gasteiger partial charge in [0.1, 0.15) is 12.0 Å². The molecule has 0 saturated carbocycles. The number of hydrogen-bond donors (Lipinski definition) is 0. The van der Waals surface area contributed by atoms with E-state index in [1.54, 1.807) is 19.1 Å². The summed E-state index contributed by atoms with van der Waals surface area (Å²) in [5.41, 5.74) is 0.510. The molecule has 0 radical (unpaired) electrons. The molecule has 0 bridgehead atoms. The fourth-order valence-corrected chi connectivity index (χ4v) is 1.94. The Labute approximate surface area is 93.9 Å². The molecule has 0 amide bonds. The Morgan fingerprint density at radius 2 is 1.94 bits per heavy atom. The zero-order valence-corrected chi connectivity index (χ0v) is 9.98. The minimum absolute atomic E-state index is 0.220. The minimum Gasteiger partial charge on any atom is -0.404 e. The molecule has 1 aromatic carbocycles. The van der Waals surface area contributed by atoms with E-state index in [4.69, 9.17) is 9.05 Å². The molecule has 0 saturated heterocycles. The Hall–Kier alpha value is -1.16. The monoisotopic (exact) mass is 244 g/mol. The zero-order valence-electron chi connectivity index (χ0n) is 9.08. The van der Waals surface area contributed by atoms with Crippen LogP contribution in [0.15, 0.2) is 24.3 Å². The summed E-state index contributed by atoms with van der Waals surface area (Å²) in [6, 6.07) is 6.14. The maximum Gasteiger partial charge on any atom is 0.529 e. The largest absolute Gasteiger partial charge is 0.529 e. The summed E-state index contributed by atoms with van der Waals surface area (Å²) in [5, 5.41) is 0. The van der Waals surface area contributed by atoms with Crippen molar-refractivity contribution < 1.29 is 22.9 Å². The number of benzene rings is 1. The second-order valence-electron chi connectivity index (χ2n) is 2.83. The number of phosphoric ester groups is 1. The maximum atomic E-state index is 11.8. The molecule has 0 fully saturated rings. The SMILES string of the molecule is CCOP(=O)(OC)Oc1ccc(C=O)cc1. The predicted molar refractivity (Wildman–Crippen MR) is 58.7 cm³/mol. The third-order valence-corrected chi connectivity index (χ3v) is 3.20. The lowest BCUT2D eigenvalue weighted by atomic mass is 10.2. The first kappa shape index (κ1) is 12.9. The first-order valence-corrected chi connectivity index (χ1v) is 6.14. The summed E-state index contributed by atoms with van der Waals surface area (Å²) in [4.78, 5) is 10.4. The fourth-order valence-electron chi connectivity index (χ4n) is 1.01. The zero-order chi connectivity index (χ0) is 12.0. The Morgan fingerprint density at radius 1 is 1.31 bits per heavy atom. The number of hydrogen-bond acceptors (Lipinski definition) is 5. The standard InChI is InChI=1S/C10H13O5P/c1-3-14-16(12,13-2)15-10-6-4-9(8-11)5-7-10/h4-8H,3H2,1-2H3. The van der Waals surface area contributed by atoms with Gasteiger partial charge >= 0.3 is 7.82 Å². The van der Waals surface area contributed by atoms with E-state index >= 15 is 0 Å². The van der Waals surface area contributed by atoms with Gasteiger partial charge in [0.15, 0.2) is 0 Å². The molecule has 5 nitrogen and oxygen atoms in total. The molecule has 6 heteroatoms. The van der Waals surface area contributed by atoms with Crippen LogP contribution in [-0.2, 0) is 13.6 Å². The molecule has 0 aliphatic carbocycles. The Bertz CT molecular complexity index is 387. The van der Waals surface area contributed by atoms with Gasteiger partial charge in [0.05, 0.1) is 6.61 Å². The first-order valence-electron chi connectivity index (χ1n) is 4.68. The van der Waals surface area contributed by atoms with Gasteiger partial charge in [-0.3, -0.25) is 13.8 Å². The summed E-state index contributed by atoms with van der Waals surface area (Å²) in [7, 11) is -2.29. The van der Waals surface area contributed by atoms with Crippen LogP contribution in [0.4, 0.5) is 0 Å². The van der Waals surface area contributed by atoms with E-state index < -0.39 is 7.82 Å². The summed E-state index contributed by atoms with van der Waals surface area (Å²) in [5.74, 6) is 0.323. The van der Waals surface area contributed by atoms with Crippen molar-refractivity contribution in [1.82, 2.24) is 0 Å². The average Bonchev–Trinajstić information content (AvgIpc) is 2.30. The van der Waals surface area contributed by atoms with E-state index in [0.29, 0.717) is 17.6 Å². The number of carbonyl (C=O) groups is 1. The van der Waals surface area contributed by atoms with Crippen LogP contribution in [0, 0.1) is 0 Å². The van der Waals surface area contributed by atoms with Gasteiger partial charge in [-0.15, -0.1) is 0 Å². The van der Waals surface area contributed by atoms with Crippen LogP contribution >= 0.6 is 7.82 Å². The third kappa shape index (κ3) is 3.45. The van der Waals surface area contributed by atoms with Crippen LogP contribution in [-0.4, -0.2) is 20.0 Å². The summed E-state index contributed by atoms with van der Waals surface area (Å²) in [6.45, 7) is 1.90. The highest BCUT2D eigenvalue weighted by Gasteiger charge is 2.25. The highest BCUT2D eigenvalue weighted by molar-refractivity contribution is 7.48. The van der Waals surface area contributed by atoms with Crippen molar-refractivity contribution in [3.63, 3.8) is 0 Å². The predicted octanol–water partition coefficient (Wildman–Crippen LogP) is 2.67. The van der Waals surface area contributed by atoms with E-state index in [0.717, 1.165) is 0 Å². The molecule has 1 atom stereocenters. The Kier molecular flexibility index (Phi) is 4.68. The van der Waals surface area contributed by atoms with Crippen molar-refractivity contribution in [3.05, 3.63) is 29.8 Å². The topological polar surface area (TPSA) is 61.8 Å². The van der Waals surface area contributed by atoms with E-state index in [9.17, 15) is 9.36 Å². The van der Waals surface area contributed by atoms with E-state index in [1.165, 1.54) is 19.2 Å². The van der Waals surface area contributed by atoms with Crippen LogP contribution in [0.2, 0.25) is 0 Å². The van der Waals surface area contributed by atoms with Gasteiger partial charge in [-0.05, 0) is 31.2 Å². The normalized spacial score (nSPS) is 14.1. The number of rotatable bonds is 6. The summed E-state index contributed by atoms with van der Waals surface area (Å²) in [6.07, 6.45) is 0.711. The van der Waals surface area contributed by atoms with Crippen molar-refractivity contribution >= 4 is 14.1 Å². The molecular formula is C10H13O5P. The van der Waals surface area contributed by atoms with Gasteiger partial charge in [-0.25, -0.2) is 4.57 Å². The molecule has 1 rings (SSSR count). The van der Waals surface area contributed by atoms with Gasteiger partial charge in [0.25, 0.3) is 0 Å². The second-order valence-corrected chi connectivity index (χ2v) is 4.53. The van der Waals surface area contributed by atoms with Crippen LogP contribution in [0.5, 0.6) is 5.75 Å². The quantitative estimate of drug-likeness (QED) is 0.568. The Balaban J connectivity index is 2.78. The van der Waals surface area contributed by atoms with E-state index in [1.807, 2.05) is 0 Å². The molecule has 0 N–H and O–H groups in total. The van der Waals surface area contributed by atoms with Crippen molar-refractivity contribution in [2.24, 2.45) is 0 Å². The smallest absolute Gasteiger partial charge is 0.404 e. The van der Waals surface area contributed by atoms with Crippen LogP contribution in [0.3, 0.4) is 0 Å². The van der Waals surface area contributed by atoms with Crippen molar-refractivity contribution in [1.29, 1.82) is 0 Å². The molecule has 0 spiro atoms. The van der Waals surface area contributed by atoms with Crippen molar-refractivity contribution in [2.75, 3.05) is 13.7 Å². The number of aldehydes is 1. The van der Waals surface area contributed by atoms with Gasteiger partial charge in [-0.2, -0.15) is 0 Å². The molecule has 0 aromatic heterocycles.